The fourth-order valence-corrected chi connectivity index (χ4v) is 3.59. The first-order chi connectivity index (χ1) is 10.7. The van der Waals surface area contributed by atoms with Gasteiger partial charge in [0.2, 0.25) is 5.91 Å². The van der Waals surface area contributed by atoms with Gasteiger partial charge >= 0.3 is 0 Å². The minimum absolute atomic E-state index is 0.229. The molecule has 4 heteroatoms. The summed E-state index contributed by atoms with van der Waals surface area (Å²) in [5.41, 5.74) is 7.49. The molecule has 1 heterocycles. The largest absolute Gasteiger partial charge is 0.399 e. The Bertz CT molecular complexity index is 488. The number of hydrogen-bond acceptors (Lipinski definition) is 3. The van der Waals surface area contributed by atoms with E-state index in [4.69, 9.17) is 10.5 Å². The Morgan fingerprint density at radius 1 is 1.14 bits per heavy atom. The van der Waals surface area contributed by atoms with E-state index in [-0.39, 0.29) is 12.0 Å². The van der Waals surface area contributed by atoms with Crippen molar-refractivity contribution in [3.8, 4) is 0 Å². The summed E-state index contributed by atoms with van der Waals surface area (Å²) in [4.78, 5) is 14.9. The Labute approximate surface area is 132 Å². The second-order valence-electron chi connectivity index (χ2n) is 6.54. The maximum atomic E-state index is 12.8. The van der Waals surface area contributed by atoms with E-state index < -0.39 is 0 Å². The summed E-state index contributed by atoms with van der Waals surface area (Å²) in [7, 11) is 0. The number of amides is 1. The first-order valence-electron chi connectivity index (χ1n) is 8.48. The maximum absolute atomic E-state index is 12.8. The van der Waals surface area contributed by atoms with Crippen LogP contribution >= 0.6 is 0 Å². The van der Waals surface area contributed by atoms with Crippen LogP contribution in [0.3, 0.4) is 0 Å². The van der Waals surface area contributed by atoms with E-state index in [0.29, 0.717) is 12.5 Å². The van der Waals surface area contributed by atoms with Crippen molar-refractivity contribution < 1.29 is 9.53 Å². The third-order valence-electron chi connectivity index (χ3n) is 4.85. The quantitative estimate of drug-likeness (QED) is 0.851. The number of carbonyl (C=O) groups is 1. The molecular weight excluding hydrogens is 276 g/mol. The molecule has 1 amide bonds. The van der Waals surface area contributed by atoms with Crippen molar-refractivity contribution in [1.29, 1.82) is 0 Å². The SMILES string of the molecule is Nc1ccc(CC(=O)N(CC2CCCO2)C2CCCC2)cc1. The number of anilines is 1. The van der Waals surface area contributed by atoms with Gasteiger partial charge in [-0.05, 0) is 43.4 Å². The molecule has 1 saturated carbocycles. The molecule has 0 radical (unpaired) electrons. The Morgan fingerprint density at radius 3 is 2.50 bits per heavy atom. The van der Waals surface area contributed by atoms with Crippen LogP contribution in [0.15, 0.2) is 24.3 Å². The molecule has 2 N–H and O–H groups in total. The summed E-state index contributed by atoms with van der Waals surface area (Å²) < 4.78 is 5.75. The van der Waals surface area contributed by atoms with E-state index in [2.05, 4.69) is 4.90 Å². The maximum Gasteiger partial charge on any atom is 0.227 e. The first-order valence-corrected chi connectivity index (χ1v) is 8.48. The van der Waals surface area contributed by atoms with Gasteiger partial charge in [0.05, 0.1) is 12.5 Å². The highest BCUT2D eigenvalue weighted by atomic mass is 16.5. The number of carbonyl (C=O) groups excluding carboxylic acids is 1. The molecule has 1 atom stereocenters. The molecular formula is C18H26N2O2. The summed E-state index contributed by atoms with van der Waals surface area (Å²) >= 11 is 0. The van der Waals surface area contributed by atoms with Crippen LogP contribution in [0, 0.1) is 0 Å². The summed E-state index contributed by atoms with van der Waals surface area (Å²) in [5, 5.41) is 0. The Kier molecular flexibility index (Phi) is 4.98. The van der Waals surface area contributed by atoms with Crippen LogP contribution in [0.4, 0.5) is 5.69 Å². The van der Waals surface area contributed by atoms with Gasteiger partial charge in [-0.1, -0.05) is 25.0 Å². The molecule has 4 nitrogen and oxygen atoms in total. The monoisotopic (exact) mass is 302 g/mol. The topological polar surface area (TPSA) is 55.6 Å². The van der Waals surface area contributed by atoms with Gasteiger partial charge in [0, 0.05) is 24.9 Å². The van der Waals surface area contributed by atoms with Crippen molar-refractivity contribution in [3.63, 3.8) is 0 Å². The van der Waals surface area contributed by atoms with Gasteiger partial charge in [0.1, 0.15) is 0 Å². The molecule has 1 aliphatic carbocycles. The predicted molar refractivity (Wildman–Crippen MR) is 87.5 cm³/mol. The van der Waals surface area contributed by atoms with Gasteiger partial charge in [-0.15, -0.1) is 0 Å². The van der Waals surface area contributed by atoms with Crippen LogP contribution in [-0.2, 0) is 16.0 Å². The lowest BCUT2D eigenvalue weighted by molar-refractivity contribution is -0.134. The van der Waals surface area contributed by atoms with Crippen LogP contribution in [0.25, 0.3) is 0 Å². The molecule has 1 aromatic carbocycles. The molecule has 0 bridgehead atoms. The predicted octanol–water partition coefficient (Wildman–Crippen LogP) is 2.76. The summed E-state index contributed by atoms with van der Waals surface area (Å²) in [6, 6.07) is 8.04. The number of rotatable bonds is 5. The van der Waals surface area contributed by atoms with Crippen LogP contribution in [0.1, 0.15) is 44.1 Å². The molecule has 2 fully saturated rings. The number of nitrogens with two attached hydrogens (primary N) is 1. The van der Waals surface area contributed by atoms with Crippen LogP contribution in [0.5, 0.6) is 0 Å². The fourth-order valence-electron chi connectivity index (χ4n) is 3.59. The van der Waals surface area contributed by atoms with Gasteiger partial charge in [0.25, 0.3) is 0 Å². The van der Waals surface area contributed by atoms with Crippen LogP contribution in [0.2, 0.25) is 0 Å². The Hall–Kier alpha value is -1.55. The standard InChI is InChI=1S/C18H26N2O2/c19-15-9-7-14(8-10-15)12-18(21)20(16-4-1-2-5-16)13-17-6-3-11-22-17/h7-10,16-17H,1-6,11-13,19H2. The normalized spacial score (nSPS) is 22.1. The van der Waals surface area contributed by atoms with Gasteiger partial charge in [-0.25, -0.2) is 0 Å². The smallest absolute Gasteiger partial charge is 0.227 e. The zero-order chi connectivity index (χ0) is 15.4. The average Bonchev–Trinajstić information content (AvgIpc) is 3.20. The summed E-state index contributed by atoms with van der Waals surface area (Å²) in [6.07, 6.45) is 7.65. The third kappa shape index (κ3) is 3.80. The second kappa shape index (κ2) is 7.14. The molecule has 1 saturated heterocycles. The highest BCUT2D eigenvalue weighted by Crippen LogP contribution is 2.26. The number of hydrogen-bond donors (Lipinski definition) is 1. The van der Waals surface area contributed by atoms with Crippen molar-refractivity contribution in [1.82, 2.24) is 4.90 Å². The lowest BCUT2D eigenvalue weighted by atomic mass is 10.1. The van der Waals surface area contributed by atoms with Crippen LogP contribution < -0.4 is 5.73 Å². The lowest BCUT2D eigenvalue weighted by Crippen LogP contribution is -2.44. The van der Waals surface area contributed by atoms with E-state index in [1.54, 1.807) is 0 Å². The van der Waals surface area contributed by atoms with Crippen molar-refractivity contribution >= 4 is 11.6 Å². The number of nitrogen functional groups attached to an aromatic ring is 1. The molecule has 120 valence electrons. The molecule has 0 spiro atoms. The molecule has 3 rings (SSSR count). The minimum atomic E-state index is 0.229. The zero-order valence-electron chi connectivity index (χ0n) is 13.2. The van der Waals surface area contributed by atoms with Crippen molar-refractivity contribution in [2.45, 2.75) is 57.1 Å². The number of benzene rings is 1. The minimum Gasteiger partial charge on any atom is -0.399 e. The van der Waals surface area contributed by atoms with E-state index in [1.807, 2.05) is 24.3 Å². The lowest BCUT2D eigenvalue weighted by Gasteiger charge is -2.31. The third-order valence-corrected chi connectivity index (χ3v) is 4.85. The Balaban J connectivity index is 1.66. The van der Waals surface area contributed by atoms with Crippen LogP contribution in [-0.4, -0.2) is 36.1 Å². The fraction of sp³-hybridized carbons (Fsp3) is 0.611. The molecule has 0 aromatic heterocycles. The van der Waals surface area contributed by atoms with Crippen molar-refractivity contribution in [2.75, 3.05) is 18.9 Å². The van der Waals surface area contributed by atoms with E-state index in [0.717, 1.165) is 50.1 Å². The Morgan fingerprint density at radius 2 is 1.86 bits per heavy atom. The van der Waals surface area contributed by atoms with Gasteiger partial charge in [0.15, 0.2) is 0 Å². The van der Waals surface area contributed by atoms with Gasteiger partial charge in [-0.2, -0.15) is 0 Å². The number of nitrogens with zero attached hydrogens (tertiary/aromatic N) is 1. The van der Waals surface area contributed by atoms with E-state index in [9.17, 15) is 4.79 Å². The zero-order valence-corrected chi connectivity index (χ0v) is 13.2. The highest BCUT2D eigenvalue weighted by Gasteiger charge is 2.30. The highest BCUT2D eigenvalue weighted by molar-refractivity contribution is 5.79. The molecule has 1 aromatic rings. The van der Waals surface area contributed by atoms with E-state index >= 15 is 0 Å². The average molecular weight is 302 g/mol. The first kappa shape index (κ1) is 15.3. The van der Waals surface area contributed by atoms with Gasteiger partial charge in [-0.3, -0.25) is 4.79 Å². The van der Waals surface area contributed by atoms with Gasteiger partial charge < -0.3 is 15.4 Å². The van der Waals surface area contributed by atoms with Crippen molar-refractivity contribution in [3.05, 3.63) is 29.8 Å². The second-order valence-corrected chi connectivity index (χ2v) is 6.54. The molecule has 1 aliphatic heterocycles. The summed E-state index contributed by atoms with van der Waals surface area (Å²) in [5.74, 6) is 0.229. The molecule has 22 heavy (non-hydrogen) atoms. The summed E-state index contributed by atoms with van der Waals surface area (Å²) in [6.45, 7) is 1.60. The van der Waals surface area contributed by atoms with Crippen molar-refractivity contribution in [2.24, 2.45) is 0 Å². The molecule has 1 unspecified atom stereocenters. The van der Waals surface area contributed by atoms with E-state index in [1.165, 1.54) is 12.8 Å². The number of ether oxygens (including phenoxy) is 1. The molecule has 2 aliphatic rings.